The van der Waals surface area contributed by atoms with Gasteiger partial charge in [-0.15, -0.1) is 0 Å². The minimum absolute atomic E-state index is 0.0886. The first-order valence-corrected chi connectivity index (χ1v) is 8.67. The van der Waals surface area contributed by atoms with E-state index in [9.17, 15) is 9.70 Å². The number of carbonyl (C=O) groups excluding carboxylic acids is 1. The van der Waals surface area contributed by atoms with E-state index < -0.39 is 0 Å². The van der Waals surface area contributed by atoms with Crippen molar-refractivity contribution >= 4 is 5.97 Å². The van der Waals surface area contributed by atoms with E-state index in [0.29, 0.717) is 6.61 Å². The first kappa shape index (κ1) is 22.0. The van der Waals surface area contributed by atoms with Crippen LogP contribution >= 0.6 is 0 Å². The van der Waals surface area contributed by atoms with Crippen LogP contribution in [0.1, 0.15) is 47.0 Å². The summed E-state index contributed by atoms with van der Waals surface area (Å²) in [6.07, 6.45) is 12.3. The summed E-state index contributed by atoms with van der Waals surface area (Å²) in [7, 11) is 0. The number of carbonyl (C=O) groups is 1. The van der Waals surface area contributed by atoms with Gasteiger partial charge in [0, 0.05) is 0 Å². The van der Waals surface area contributed by atoms with Gasteiger partial charge in [-0.25, -0.2) is 0 Å². The maximum Gasteiger partial charge on any atom is 0.313 e. The lowest BCUT2D eigenvalue weighted by atomic mass is 9.92. The smallest absolute Gasteiger partial charge is 0.313 e. The zero-order valence-electron chi connectivity index (χ0n) is 15.5. The topological polar surface area (TPSA) is 55.7 Å². The molecule has 0 bridgehead atoms. The second-order valence-electron chi connectivity index (χ2n) is 5.79. The number of rotatable bonds is 12. The molecule has 4 heteroatoms. The maximum atomic E-state index is 12.2. The van der Waals surface area contributed by atoms with Crippen molar-refractivity contribution in [2.45, 2.75) is 47.0 Å². The Bertz CT molecular complexity index is 489. The third-order valence-corrected chi connectivity index (χ3v) is 3.64. The number of nitroso groups, excluding NO2 is 1. The van der Waals surface area contributed by atoms with Crippen LogP contribution in [0.25, 0.3) is 0 Å². The highest BCUT2D eigenvalue weighted by Crippen LogP contribution is 2.22. The van der Waals surface area contributed by atoms with E-state index in [1.165, 1.54) is 0 Å². The van der Waals surface area contributed by atoms with Crippen molar-refractivity contribution in [3.8, 4) is 0 Å². The monoisotopic (exact) mass is 333 g/mol. The molecule has 0 aromatic carbocycles. The maximum absolute atomic E-state index is 12.2. The Morgan fingerprint density at radius 2 is 1.96 bits per heavy atom. The number of esters is 1. The molecule has 2 atom stereocenters. The Morgan fingerprint density at radius 1 is 1.25 bits per heavy atom. The van der Waals surface area contributed by atoms with Crippen molar-refractivity contribution < 1.29 is 9.53 Å². The summed E-state index contributed by atoms with van der Waals surface area (Å²) in [5.74, 6) is -0.317. The number of allylic oxidation sites excluding steroid dienone is 5. The molecule has 0 N–H and O–H groups in total. The fraction of sp³-hybridized carbons (Fsp3) is 0.550. The summed E-state index contributed by atoms with van der Waals surface area (Å²) in [6, 6.07) is 0. The van der Waals surface area contributed by atoms with Gasteiger partial charge in [-0.3, -0.25) is 4.79 Å². The van der Waals surface area contributed by atoms with Crippen molar-refractivity contribution in [2.24, 2.45) is 17.0 Å². The number of ether oxygens (including phenoxy) is 1. The molecule has 24 heavy (non-hydrogen) atoms. The van der Waals surface area contributed by atoms with E-state index in [1.807, 2.05) is 51.2 Å². The van der Waals surface area contributed by atoms with Crippen molar-refractivity contribution in [1.29, 1.82) is 0 Å². The van der Waals surface area contributed by atoms with Gasteiger partial charge in [-0.05, 0) is 37.3 Å². The van der Waals surface area contributed by atoms with Crippen LogP contribution in [0, 0.1) is 16.7 Å². The normalized spacial score (nSPS) is 14.8. The fourth-order valence-electron chi connectivity index (χ4n) is 2.21. The van der Waals surface area contributed by atoms with Crippen molar-refractivity contribution in [3.63, 3.8) is 0 Å². The molecule has 0 aromatic heterocycles. The minimum Gasteiger partial charge on any atom is -0.466 e. The number of hydrogen-bond donors (Lipinski definition) is 0. The highest BCUT2D eigenvalue weighted by atomic mass is 16.5. The zero-order valence-corrected chi connectivity index (χ0v) is 15.5. The number of unbranched alkanes of at least 4 members (excludes halogenated alkanes) is 1. The quantitative estimate of drug-likeness (QED) is 0.274. The molecular weight excluding hydrogens is 302 g/mol. The Labute approximate surface area is 146 Å². The second-order valence-corrected chi connectivity index (χ2v) is 5.79. The molecule has 0 radical (unpaired) electrons. The lowest BCUT2D eigenvalue weighted by molar-refractivity contribution is -0.146. The van der Waals surface area contributed by atoms with Crippen LogP contribution in [-0.4, -0.2) is 19.1 Å². The molecule has 0 aromatic rings. The predicted octanol–water partition coefficient (Wildman–Crippen LogP) is 5.37. The van der Waals surface area contributed by atoms with Crippen LogP contribution < -0.4 is 0 Å². The predicted molar refractivity (Wildman–Crippen MR) is 101 cm³/mol. The molecule has 0 heterocycles. The van der Waals surface area contributed by atoms with E-state index in [2.05, 4.69) is 18.7 Å². The third-order valence-electron chi connectivity index (χ3n) is 3.64. The van der Waals surface area contributed by atoms with Crippen LogP contribution in [0.15, 0.2) is 53.3 Å². The molecule has 0 aliphatic carbocycles. The van der Waals surface area contributed by atoms with Gasteiger partial charge in [0.1, 0.15) is 0 Å². The van der Waals surface area contributed by atoms with Gasteiger partial charge < -0.3 is 4.74 Å². The lowest BCUT2D eigenvalue weighted by Crippen LogP contribution is -2.19. The van der Waals surface area contributed by atoms with Gasteiger partial charge in [-0.2, -0.15) is 4.91 Å². The molecule has 0 fully saturated rings. The van der Waals surface area contributed by atoms with Gasteiger partial charge in [0.15, 0.2) is 0 Å². The van der Waals surface area contributed by atoms with Gasteiger partial charge in [0.05, 0.1) is 19.1 Å². The minimum atomic E-state index is -0.235. The molecule has 0 amide bonds. The van der Waals surface area contributed by atoms with Gasteiger partial charge in [-0.1, -0.05) is 68.8 Å². The molecule has 2 unspecified atom stereocenters. The molecule has 0 rings (SSSR count). The lowest BCUT2D eigenvalue weighted by Gasteiger charge is -2.16. The average Bonchev–Trinajstić information content (AvgIpc) is 2.56. The fourth-order valence-corrected chi connectivity index (χ4v) is 2.21. The van der Waals surface area contributed by atoms with Crippen molar-refractivity contribution in [1.82, 2.24) is 0 Å². The van der Waals surface area contributed by atoms with Crippen LogP contribution in [0.3, 0.4) is 0 Å². The Balaban J connectivity index is 4.97. The first-order chi connectivity index (χ1) is 11.5. The standard InChI is InChI=1S/C20H31NO3/c1-6-9-10-19(20(22)24-8-3)18(7-2)14-13-16(4)11-12-17(5)15-21-23/h7,11-14,17,19H,4,6,8-10,15H2,1-3,5H3/b12-11-,14-13-,18-7?. The molecule has 4 nitrogen and oxygen atoms in total. The van der Waals surface area contributed by atoms with Gasteiger partial charge >= 0.3 is 5.97 Å². The molecule has 134 valence electrons. The average molecular weight is 333 g/mol. The molecule has 0 aliphatic heterocycles. The Morgan fingerprint density at radius 3 is 2.50 bits per heavy atom. The summed E-state index contributed by atoms with van der Waals surface area (Å²) in [5, 5.41) is 2.88. The molecule has 0 saturated heterocycles. The summed E-state index contributed by atoms with van der Waals surface area (Å²) >= 11 is 0. The van der Waals surface area contributed by atoms with Crippen LogP contribution in [0.4, 0.5) is 0 Å². The Hall–Kier alpha value is -1.97. The van der Waals surface area contributed by atoms with Crippen LogP contribution in [-0.2, 0) is 9.53 Å². The van der Waals surface area contributed by atoms with Crippen LogP contribution in [0.5, 0.6) is 0 Å². The van der Waals surface area contributed by atoms with E-state index in [4.69, 9.17) is 4.74 Å². The number of nitrogens with zero attached hydrogens (tertiary/aromatic N) is 1. The van der Waals surface area contributed by atoms with Crippen LogP contribution in [0.2, 0.25) is 0 Å². The van der Waals surface area contributed by atoms with Gasteiger partial charge in [0.2, 0.25) is 0 Å². The molecule has 0 spiro atoms. The summed E-state index contributed by atoms with van der Waals surface area (Å²) in [4.78, 5) is 22.4. The SMILES string of the molecule is C=C(/C=C\C(=CC)C(CCCC)C(=O)OCC)/C=C\C(C)CN=O. The number of hydrogen-bond acceptors (Lipinski definition) is 4. The highest BCUT2D eigenvalue weighted by molar-refractivity contribution is 5.76. The van der Waals surface area contributed by atoms with E-state index in [-0.39, 0.29) is 24.3 Å². The first-order valence-electron chi connectivity index (χ1n) is 8.67. The summed E-state index contributed by atoms with van der Waals surface area (Å²) in [6.45, 7) is 12.4. The molecule has 0 aliphatic rings. The van der Waals surface area contributed by atoms with Crippen molar-refractivity contribution in [2.75, 3.05) is 13.2 Å². The molecular formula is C20H31NO3. The summed E-state index contributed by atoms with van der Waals surface area (Å²) in [5.41, 5.74) is 1.75. The second kappa shape index (κ2) is 13.5. The van der Waals surface area contributed by atoms with Gasteiger partial charge in [0.25, 0.3) is 0 Å². The third kappa shape index (κ3) is 9.23. The molecule has 0 saturated carbocycles. The Kier molecular flexibility index (Phi) is 12.4. The van der Waals surface area contributed by atoms with Crippen molar-refractivity contribution in [3.05, 3.63) is 53.0 Å². The highest BCUT2D eigenvalue weighted by Gasteiger charge is 2.21. The summed E-state index contributed by atoms with van der Waals surface area (Å²) < 4.78 is 5.21. The van der Waals surface area contributed by atoms with E-state index in [0.717, 1.165) is 30.4 Å². The van der Waals surface area contributed by atoms with E-state index >= 15 is 0 Å². The largest absolute Gasteiger partial charge is 0.466 e. The van der Waals surface area contributed by atoms with E-state index in [1.54, 1.807) is 0 Å². The zero-order chi connectivity index (χ0) is 18.4.